The summed E-state index contributed by atoms with van der Waals surface area (Å²) in [5.74, 6) is 3.62. The summed E-state index contributed by atoms with van der Waals surface area (Å²) in [6.45, 7) is 0. The highest BCUT2D eigenvalue weighted by molar-refractivity contribution is 7.98. The van der Waals surface area contributed by atoms with E-state index < -0.39 is 0 Å². The van der Waals surface area contributed by atoms with E-state index in [2.05, 4.69) is 279 Å². The average Bonchev–Trinajstić information content (AvgIpc) is 3.72. The quantitative estimate of drug-likeness (QED) is 0.149. The summed E-state index contributed by atoms with van der Waals surface area (Å²) in [6.07, 6.45) is 2.56. The van der Waals surface area contributed by atoms with Crippen molar-refractivity contribution in [1.82, 2.24) is 0 Å². The molecule has 3 aliphatic rings. The van der Waals surface area contributed by atoms with E-state index in [-0.39, 0.29) is 0 Å². The first kappa shape index (κ1) is 50.6. The summed E-state index contributed by atoms with van der Waals surface area (Å²) in [5.41, 5.74) is 33.6. The molecule has 0 aromatic heterocycles. The maximum absolute atomic E-state index is 2.56. The Morgan fingerprint density at radius 3 is 0.593 bits per heavy atom. The van der Waals surface area contributed by atoms with Crippen molar-refractivity contribution in [3.63, 3.8) is 0 Å². The Kier molecular flexibility index (Phi) is 14.2. The molecular formula is C79H60S2. The van der Waals surface area contributed by atoms with E-state index in [9.17, 15) is 0 Å². The van der Waals surface area contributed by atoms with Crippen LogP contribution in [0.2, 0.25) is 0 Å². The molecule has 0 N–H and O–H groups in total. The summed E-state index contributed by atoms with van der Waals surface area (Å²) in [7, 11) is 0. The van der Waals surface area contributed by atoms with E-state index >= 15 is 0 Å². The SMILES string of the molecule is c1ccc(-c2c3c(c(-c4ccccc4)c(-c4ccccc4)c2-c2ccccc2)-c2cc4cc(c2)CSCc2cc(cc(c2)-c2c(c(-c5ccccc5)c(-c5ccccc5)c(-c5ccccc5)c2-c2ccccc2)CCC3)CSC4)cc1. The lowest BCUT2D eigenvalue weighted by Gasteiger charge is -2.30. The Labute approximate surface area is 486 Å². The zero-order valence-corrected chi connectivity index (χ0v) is 47.0. The molecule has 2 heteroatoms. The normalized spacial score (nSPS) is 13.0. The molecular weight excluding hydrogens is 1010 g/mol. The Balaban J connectivity index is 1.16. The fourth-order valence-corrected chi connectivity index (χ4v) is 14.9. The van der Waals surface area contributed by atoms with Crippen LogP contribution >= 0.6 is 23.5 Å². The fourth-order valence-electron chi connectivity index (χ4n) is 13.1. The number of benzene rings is 12. The highest BCUT2D eigenvalue weighted by Gasteiger charge is 2.32. The van der Waals surface area contributed by atoms with Gasteiger partial charge in [0.05, 0.1) is 0 Å². The average molecular weight is 1070 g/mol. The van der Waals surface area contributed by atoms with Gasteiger partial charge in [0.1, 0.15) is 0 Å². The third-order valence-corrected chi connectivity index (χ3v) is 18.5. The Bertz CT molecular complexity index is 3860. The Hall–Kier alpha value is -8.66. The molecule has 12 aromatic carbocycles. The molecule has 12 aromatic rings. The fraction of sp³-hybridized carbons (Fsp3) is 0.0886. The Morgan fingerprint density at radius 2 is 0.370 bits per heavy atom. The van der Waals surface area contributed by atoms with Crippen LogP contribution in [-0.2, 0) is 35.9 Å². The molecule has 388 valence electrons. The second-order valence-electron chi connectivity index (χ2n) is 21.6. The summed E-state index contributed by atoms with van der Waals surface area (Å²) < 4.78 is 0. The molecule has 3 aliphatic heterocycles. The molecule has 0 aliphatic carbocycles. The van der Waals surface area contributed by atoms with Gasteiger partial charge in [-0.3, -0.25) is 0 Å². The first-order valence-corrected chi connectivity index (χ1v) is 30.8. The van der Waals surface area contributed by atoms with E-state index in [0.717, 1.165) is 42.3 Å². The van der Waals surface area contributed by atoms with Gasteiger partial charge in [0.15, 0.2) is 0 Å². The molecule has 0 saturated carbocycles. The zero-order valence-electron chi connectivity index (χ0n) is 45.3. The van der Waals surface area contributed by atoms with E-state index in [0.29, 0.717) is 0 Å². The third kappa shape index (κ3) is 9.99. The number of hydrogen-bond acceptors (Lipinski definition) is 2. The Morgan fingerprint density at radius 1 is 0.185 bits per heavy atom. The van der Waals surface area contributed by atoms with Crippen molar-refractivity contribution in [2.45, 2.75) is 42.3 Å². The van der Waals surface area contributed by atoms with Crippen LogP contribution in [-0.4, -0.2) is 0 Å². The van der Waals surface area contributed by atoms with Crippen molar-refractivity contribution in [2.75, 3.05) is 0 Å². The lowest BCUT2D eigenvalue weighted by molar-refractivity contribution is 0.826. The molecule has 0 spiro atoms. The van der Waals surface area contributed by atoms with Crippen molar-refractivity contribution in [3.8, 4) is 111 Å². The molecule has 0 atom stereocenters. The maximum Gasteiger partial charge on any atom is 0.0188 e. The highest BCUT2D eigenvalue weighted by Crippen LogP contribution is 2.56. The number of thioether (sulfide) groups is 2. The number of hydrogen-bond donors (Lipinski definition) is 0. The molecule has 6 bridgehead atoms. The minimum Gasteiger partial charge on any atom is -0.152 e. The molecule has 0 nitrogen and oxygen atoms in total. The molecule has 81 heavy (non-hydrogen) atoms. The van der Waals surface area contributed by atoms with Crippen LogP contribution in [0.1, 0.15) is 39.8 Å². The van der Waals surface area contributed by atoms with Crippen LogP contribution in [0, 0.1) is 0 Å². The first-order valence-electron chi connectivity index (χ1n) is 28.5. The number of fused-ring (bicyclic) bond motifs is 6. The van der Waals surface area contributed by atoms with Crippen LogP contribution in [0.3, 0.4) is 0 Å². The predicted octanol–water partition coefficient (Wildman–Crippen LogP) is 22.0. The summed E-state index contributed by atoms with van der Waals surface area (Å²) >= 11 is 4.08. The van der Waals surface area contributed by atoms with Crippen LogP contribution in [0.15, 0.2) is 279 Å². The van der Waals surface area contributed by atoms with E-state index in [4.69, 9.17) is 0 Å². The lowest BCUT2D eigenvalue weighted by atomic mass is 9.73. The van der Waals surface area contributed by atoms with Crippen LogP contribution < -0.4 is 0 Å². The topological polar surface area (TPSA) is 0 Å². The maximum atomic E-state index is 2.56. The van der Waals surface area contributed by atoms with Gasteiger partial charge in [0.2, 0.25) is 0 Å². The van der Waals surface area contributed by atoms with Crippen LogP contribution in [0.4, 0.5) is 0 Å². The van der Waals surface area contributed by atoms with Gasteiger partial charge in [-0.2, -0.15) is 23.5 Å². The van der Waals surface area contributed by atoms with Gasteiger partial charge in [-0.25, -0.2) is 0 Å². The van der Waals surface area contributed by atoms with Crippen LogP contribution in [0.25, 0.3) is 111 Å². The van der Waals surface area contributed by atoms with Gasteiger partial charge in [-0.05, 0) is 164 Å². The molecule has 15 rings (SSSR count). The van der Waals surface area contributed by atoms with Crippen molar-refractivity contribution >= 4 is 23.5 Å². The van der Waals surface area contributed by atoms with Crippen molar-refractivity contribution in [2.24, 2.45) is 0 Å². The van der Waals surface area contributed by atoms with Gasteiger partial charge >= 0.3 is 0 Å². The lowest BCUT2D eigenvalue weighted by Crippen LogP contribution is -2.08. The molecule has 0 unspecified atom stereocenters. The summed E-state index contributed by atoms with van der Waals surface area (Å²) in [6, 6.07) is 106. The monoisotopic (exact) mass is 1070 g/mol. The van der Waals surface area contributed by atoms with Gasteiger partial charge in [-0.1, -0.05) is 279 Å². The number of rotatable bonds is 8. The smallest absolute Gasteiger partial charge is 0.0188 e. The standard InChI is InChI=1S/C79H60S2/c1-9-26-58(27-10-1)70-68-42-25-43-69-71(59-28-11-2-12-29-59)75(61-32-15-4-16-33-61)79(65-40-23-8-24-41-65)77(63-36-19-6-20-37-63)73(69)67-48-56-45-57(49-67)53-81-51-55-44-54(50-80-52-56)46-66(47-55)72(68)76(62-34-17-5-18-35-62)78(64-38-21-7-22-39-64)74(70)60-30-13-3-14-31-60/h1-24,26-41,44-49H,25,42-43,50-53H2. The highest BCUT2D eigenvalue weighted by atomic mass is 32.2. The molecule has 0 radical (unpaired) electrons. The molecule has 0 fully saturated rings. The van der Waals surface area contributed by atoms with Gasteiger partial charge in [0, 0.05) is 23.0 Å². The van der Waals surface area contributed by atoms with Gasteiger partial charge in [0.25, 0.3) is 0 Å². The van der Waals surface area contributed by atoms with E-state index in [1.165, 1.54) is 145 Å². The third-order valence-electron chi connectivity index (χ3n) is 16.3. The zero-order chi connectivity index (χ0) is 53.9. The van der Waals surface area contributed by atoms with E-state index in [1.807, 2.05) is 23.5 Å². The van der Waals surface area contributed by atoms with Crippen LogP contribution in [0.5, 0.6) is 0 Å². The summed E-state index contributed by atoms with van der Waals surface area (Å²) in [5, 5.41) is 0. The van der Waals surface area contributed by atoms with Gasteiger partial charge in [-0.15, -0.1) is 0 Å². The minimum absolute atomic E-state index is 0.831. The molecule has 3 heterocycles. The second kappa shape index (κ2) is 22.8. The van der Waals surface area contributed by atoms with Crippen molar-refractivity contribution in [3.05, 3.63) is 312 Å². The van der Waals surface area contributed by atoms with Crippen molar-refractivity contribution < 1.29 is 0 Å². The minimum atomic E-state index is 0.831. The first-order chi connectivity index (χ1) is 40.2. The van der Waals surface area contributed by atoms with E-state index in [1.54, 1.807) is 0 Å². The van der Waals surface area contributed by atoms with Crippen molar-refractivity contribution in [1.29, 1.82) is 0 Å². The molecule has 0 amide bonds. The van der Waals surface area contributed by atoms with Gasteiger partial charge < -0.3 is 0 Å². The molecule has 0 saturated heterocycles. The predicted molar refractivity (Wildman–Crippen MR) is 349 cm³/mol. The second-order valence-corrected chi connectivity index (χ2v) is 23.5. The summed E-state index contributed by atoms with van der Waals surface area (Å²) in [4.78, 5) is 0. The largest absolute Gasteiger partial charge is 0.152 e.